The Balaban J connectivity index is 1.74. The van der Waals surface area contributed by atoms with Crippen LogP contribution in [0.3, 0.4) is 0 Å². The monoisotopic (exact) mass is 432 g/mol. The van der Waals surface area contributed by atoms with Gasteiger partial charge in [0, 0.05) is 23.7 Å². The molecule has 7 nitrogen and oxygen atoms in total. The molecule has 1 aromatic carbocycles. The van der Waals surface area contributed by atoms with E-state index in [4.69, 9.17) is 4.74 Å². The summed E-state index contributed by atoms with van der Waals surface area (Å²) in [4.78, 5) is 11.0. The first-order valence-corrected chi connectivity index (χ1v) is 11.8. The summed E-state index contributed by atoms with van der Waals surface area (Å²) in [6, 6.07) is 5.12. The molecule has 9 heteroatoms. The third-order valence-electron chi connectivity index (χ3n) is 5.32. The van der Waals surface area contributed by atoms with Gasteiger partial charge in [-0.15, -0.1) is 11.3 Å². The second kappa shape index (κ2) is 7.89. The number of ether oxygens (including phenoxy) is 1. The highest BCUT2D eigenvalue weighted by Gasteiger charge is 2.29. The Morgan fingerprint density at radius 1 is 1.14 bits per heavy atom. The SMILES string of the molecule is COc1ccc(Nc2ncnc3sc(C)c(C)c23)cc1S(=O)(=O)N1CCCCC1. The highest BCUT2D eigenvalue weighted by atomic mass is 32.2. The van der Waals surface area contributed by atoms with E-state index in [0.717, 1.165) is 35.0 Å². The Morgan fingerprint density at radius 2 is 1.90 bits per heavy atom. The number of aryl methyl sites for hydroxylation is 2. The summed E-state index contributed by atoms with van der Waals surface area (Å²) in [5.41, 5.74) is 1.77. The minimum atomic E-state index is -3.63. The van der Waals surface area contributed by atoms with E-state index in [2.05, 4.69) is 22.2 Å². The van der Waals surface area contributed by atoms with Gasteiger partial charge in [0.25, 0.3) is 0 Å². The number of anilines is 2. The molecule has 0 saturated carbocycles. The Bertz CT molecular complexity index is 1150. The number of fused-ring (bicyclic) bond motifs is 1. The van der Waals surface area contributed by atoms with Crippen molar-refractivity contribution in [3.63, 3.8) is 0 Å². The van der Waals surface area contributed by atoms with Gasteiger partial charge in [-0.05, 0) is 50.5 Å². The third-order valence-corrected chi connectivity index (χ3v) is 8.36. The Kier molecular flexibility index (Phi) is 5.46. The number of hydrogen-bond donors (Lipinski definition) is 1. The molecule has 1 fully saturated rings. The van der Waals surface area contributed by atoms with Crippen LogP contribution in [-0.2, 0) is 10.0 Å². The molecule has 0 unspecified atom stereocenters. The molecule has 3 heterocycles. The van der Waals surface area contributed by atoms with Crippen molar-refractivity contribution < 1.29 is 13.2 Å². The lowest BCUT2D eigenvalue weighted by atomic mass is 10.2. The maximum Gasteiger partial charge on any atom is 0.246 e. The van der Waals surface area contributed by atoms with Crippen LogP contribution < -0.4 is 10.1 Å². The van der Waals surface area contributed by atoms with Gasteiger partial charge in [-0.1, -0.05) is 6.42 Å². The van der Waals surface area contributed by atoms with Crippen molar-refractivity contribution in [2.24, 2.45) is 0 Å². The number of hydrogen-bond acceptors (Lipinski definition) is 7. The predicted molar refractivity (Wildman–Crippen MR) is 116 cm³/mol. The van der Waals surface area contributed by atoms with Gasteiger partial charge in [-0.3, -0.25) is 0 Å². The maximum atomic E-state index is 13.2. The fraction of sp³-hybridized carbons (Fsp3) is 0.400. The summed E-state index contributed by atoms with van der Waals surface area (Å²) < 4.78 is 33.4. The van der Waals surface area contributed by atoms with Gasteiger partial charge in [0.1, 0.15) is 27.6 Å². The maximum absolute atomic E-state index is 13.2. The van der Waals surface area contributed by atoms with E-state index < -0.39 is 10.0 Å². The van der Waals surface area contributed by atoms with Crippen molar-refractivity contribution in [2.75, 3.05) is 25.5 Å². The van der Waals surface area contributed by atoms with Gasteiger partial charge in [0.15, 0.2) is 0 Å². The van der Waals surface area contributed by atoms with Crippen molar-refractivity contribution in [3.05, 3.63) is 35.0 Å². The summed E-state index contributed by atoms with van der Waals surface area (Å²) in [7, 11) is -2.14. The number of methoxy groups -OCH3 is 1. The lowest BCUT2D eigenvalue weighted by Gasteiger charge is -2.26. The van der Waals surface area contributed by atoms with Crippen molar-refractivity contribution in [2.45, 2.75) is 38.0 Å². The van der Waals surface area contributed by atoms with Crippen molar-refractivity contribution in [1.82, 2.24) is 14.3 Å². The molecular weight excluding hydrogens is 408 g/mol. The van der Waals surface area contributed by atoms with Crippen molar-refractivity contribution >= 4 is 43.1 Å². The highest BCUT2D eigenvalue weighted by molar-refractivity contribution is 7.89. The first-order chi connectivity index (χ1) is 13.9. The first kappa shape index (κ1) is 20.1. The predicted octanol–water partition coefficient (Wildman–Crippen LogP) is 4.23. The van der Waals surface area contributed by atoms with Gasteiger partial charge in [-0.25, -0.2) is 18.4 Å². The molecule has 3 aromatic rings. The minimum Gasteiger partial charge on any atom is -0.495 e. The Hall–Kier alpha value is -2.23. The zero-order chi connectivity index (χ0) is 20.6. The number of nitrogens with zero attached hydrogens (tertiary/aromatic N) is 3. The van der Waals surface area contributed by atoms with Crippen LogP contribution in [0.25, 0.3) is 10.2 Å². The molecule has 1 N–H and O–H groups in total. The number of thiophene rings is 1. The molecule has 29 heavy (non-hydrogen) atoms. The molecule has 154 valence electrons. The van der Waals surface area contributed by atoms with E-state index in [1.54, 1.807) is 33.8 Å². The molecule has 1 saturated heterocycles. The van der Waals surface area contributed by atoms with E-state index >= 15 is 0 Å². The summed E-state index contributed by atoms with van der Waals surface area (Å²) in [6.45, 7) is 5.19. The number of rotatable bonds is 5. The average molecular weight is 433 g/mol. The van der Waals surface area contributed by atoms with Crippen LogP contribution in [0.2, 0.25) is 0 Å². The van der Waals surface area contributed by atoms with E-state index in [1.807, 2.05) is 6.92 Å². The van der Waals surface area contributed by atoms with Gasteiger partial charge >= 0.3 is 0 Å². The van der Waals surface area contributed by atoms with Gasteiger partial charge in [-0.2, -0.15) is 4.31 Å². The van der Waals surface area contributed by atoms with Gasteiger partial charge in [0.05, 0.1) is 12.5 Å². The Morgan fingerprint density at radius 3 is 2.62 bits per heavy atom. The summed E-state index contributed by atoms with van der Waals surface area (Å²) >= 11 is 1.62. The molecule has 4 rings (SSSR count). The number of nitrogens with one attached hydrogen (secondary N) is 1. The zero-order valence-corrected chi connectivity index (χ0v) is 18.4. The average Bonchev–Trinajstić information content (AvgIpc) is 3.03. The second-order valence-electron chi connectivity index (χ2n) is 7.14. The molecule has 0 radical (unpaired) electrons. The summed E-state index contributed by atoms with van der Waals surface area (Å²) in [5.74, 6) is 1.01. The van der Waals surface area contributed by atoms with Crippen LogP contribution in [0.5, 0.6) is 5.75 Å². The fourth-order valence-electron chi connectivity index (χ4n) is 3.61. The van der Waals surface area contributed by atoms with Crippen LogP contribution in [0, 0.1) is 13.8 Å². The molecule has 0 atom stereocenters. The topological polar surface area (TPSA) is 84.4 Å². The second-order valence-corrected chi connectivity index (χ2v) is 10.3. The molecule has 0 amide bonds. The van der Waals surface area contributed by atoms with Gasteiger partial charge < -0.3 is 10.1 Å². The van der Waals surface area contributed by atoms with Crippen molar-refractivity contribution in [1.29, 1.82) is 0 Å². The lowest BCUT2D eigenvalue weighted by molar-refractivity contribution is 0.343. The van der Waals surface area contributed by atoms with Crippen molar-refractivity contribution in [3.8, 4) is 5.75 Å². The van der Waals surface area contributed by atoms with Gasteiger partial charge in [0.2, 0.25) is 10.0 Å². The van der Waals surface area contributed by atoms with Crippen LogP contribution in [0.1, 0.15) is 29.7 Å². The molecule has 2 aromatic heterocycles. The summed E-state index contributed by atoms with van der Waals surface area (Å²) in [5, 5.41) is 4.25. The normalized spacial score (nSPS) is 15.6. The first-order valence-electron chi connectivity index (χ1n) is 9.57. The standard InChI is InChI=1S/C20H24N4O3S2/c1-13-14(2)28-20-18(13)19(21-12-22-20)23-15-7-8-16(27-3)17(11-15)29(25,26)24-9-5-4-6-10-24/h7-8,11-12H,4-6,9-10H2,1-3H3,(H,21,22,23). The van der Waals surface area contributed by atoms with Crippen LogP contribution in [-0.4, -0.2) is 42.9 Å². The number of sulfonamides is 1. The van der Waals surface area contributed by atoms with E-state index in [-0.39, 0.29) is 4.90 Å². The Labute approximate surface area is 174 Å². The highest BCUT2D eigenvalue weighted by Crippen LogP contribution is 2.36. The molecule has 0 bridgehead atoms. The number of aromatic nitrogens is 2. The zero-order valence-electron chi connectivity index (χ0n) is 16.7. The van der Waals surface area contributed by atoms with Crippen LogP contribution >= 0.6 is 11.3 Å². The number of piperidine rings is 1. The smallest absolute Gasteiger partial charge is 0.246 e. The largest absolute Gasteiger partial charge is 0.495 e. The quantitative estimate of drug-likeness (QED) is 0.649. The van der Waals surface area contributed by atoms with E-state index in [1.165, 1.54) is 18.3 Å². The minimum absolute atomic E-state index is 0.176. The number of benzene rings is 1. The van der Waals surface area contributed by atoms with E-state index in [0.29, 0.717) is 30.3 Å². The molecule has 0 spiro atoms. The molecule has 0 aliphatic carbocycles. The summed E-state index contributed by atoms with van der Waals surface area (Å²) in [6.07, 6.45) is 4.35. The molecule has 1 aliphatic heterocycles. The third kappa shape index (κ3) is 3.70. The lowest BCUT2D eigenvalue weighted by Crippen LogP contribution is -2.35. The molecule has 1 aliphatic rings. The molecular formula is C20H24N4O3S2. The van der Waals surface area contributed by atoms with E-state index in [9.17, 15) is 8.42 Å². The van der Waals surface area contributed by atoms with Crippen LogP contribution in [0.15, 0.2) is 29.4 Å². The fourth-order valence-corrected chi connectivity index (χ4v) is 6.31. The van der Waals surface area contributed by atoms with Crippen LogP contribution in [0.4, 0.5) is 11.5 Å².